The second-order valence-electron chi connectivity index (χ2n) is 6.93. The van der Waals surface area contributed by atoms with Crippen LogP contribution in [0.15, 0.2) is 30.3 Å². The molecule has 1 aliphatic carbocycles. The summed E-state index contributed by atoms with van der Waals surface area (Å²) in [6.45, 7) is 3.25. The molecule has 0 aliphatic heterocycles. The lowest BCUT2D eigenvalue weighted by Crippen LogP contribution is -2.36. The molecule has 142 valence electrons. The Balaban J connectivity index is 1.67. The van der Waals surface area contributed by atoms with Crippen LogP contribution in [-0.4, -0.2) is 35.4 Å². The lowest BCUT2D eigenvalue weighted by atomic mass is 9.87. The monoisotopic (exact) mass is 386 g/mol. The van der Waals surface area contributed by atoms with E-state index < -0.39 is 5.97 Å². The number of likely N-dealkylation sites (N-methyl/N-ethyl adjacent to an activating group) is 1. The zero-order chi connectivity index (χ0) is 19.6. The average Bonchev–Trinajstić information content (AvgIpc) is 2.64. The number of carbonyl (C=O) groups excluding carboxylic acids is 2. The quantitative estimate of drug-likeness (QED) is 0.587. The minimum Gasteiger partial charge on any atom is -0.452 e. The first-order valence-electron chi connectivity index (χ1n) is 9.02. The number of halogens is 1. The standard InChI is InChI=1S/C21H23ClN2O3/c1-13-11-14(2)23-20(22)19(13)21(26)27-12-18(25)24(3)17-10-6-8-15-7-4-5-9-16(15)17/h4-5,7,9,11,17H,6,8,10,12H2,1-3H3/t17-/m0/s1. The summed E-state index contributed by atoms with van der Waals surface area (Å²) in [7, 11) is 1.76. The number of ether oxygens (including phenoxy) is 1. The molecule has 1 aromatic carbocycles. The largest absolute Gasteiger partial charge is 0.452 e. The van der Waals surface area contributed by atoms with Crippen LogP contribution in [0.5, 0.6) is 0 Å². The van der Waals surface area contributed by atoms with E-state index in [2.05, 4.69) is 17.1 Å². The van der Waals surface area contributed by atoms with Gasteiger partial charge in [0.15, 0.2) is 6.61 Å². The van der Waals surface area contributed by atoms with E-state index in [1.54, 1.807) is 31.9 Å². The molecule has 6 heteroatoms. The van der Waals surface area contributed by atoms with Crippen molar-refractivity contribution >= 4 is 23.5 Å². The predicted molar refractivity (Wildman–Crippen MR) is 104 cm³/mol. The van der Waals surface area contributed by atoms with Crippen LogP contribution in [0.2, 0.25) is 5.15 Å². The van der Waals surface area contributed by atoms with Gasteiger partial charge >= 0.3 is 5.97 Å². The molecule has 0 unspecified atom stereocenters. The molecule has 27 heavy (non-hydrogen) atoms. The van der Waals surface area contributed by atoms with E-state index >= 15 is 0 Å². The first-order chi connectivity index (χ1) is 12.9. The Bertz CT molecular complexity index is 858. The molecule has 1 heterocycles. The zero-order valence-corrected chi connectivity index (χ0v) is 16.5. The Morgan fingerprint density at radius 1 is 1.30 bits per heavy atom. The molecule has 0 spiro atoms. The van der Waals surface area contributed by atoms with Crippen LogP contribution in [0.3, 0.4) is 0 Å². The number of pyridine rings is 1. The van der Waals surface area contributed by atoms with Gasteiger partial charge in [-0.3, -0.25) is 4.79 Å². The molecule has 1 aliphatic rings. The van der Waals surface area contributed by atoms with Crippen molar-refractivity contribution in [3.63, 3.8) is 0 Å². The molecule has 2 aromatic rings. The Morgan fingerprint density at radius 2 is 2.04 bits per heavy atom. The van der Waals surface area contributed by atoms with Crippen LogP contribution in [0, 0.1) is 13.8 Å². The lowest BCUT2D eigenvalue weighted by molar-refractivity contribution is -0.135. The van der Waals surface area contributed by atoms with Gasteiger partial charge in [0.25, 0.3) is 5.91 Å². The second kappa shape index (κ2) is 8.09. The molecule has 0 radical (unpaired) electrons. The highest BCUT2D eigenvalue weighted by molar-refractivity contribution is 6.32. The van der Waals surface area contributed by atoms with Gasteiger partial charge in [0.2, 0.25) is 0 Å². The Morgan fingerprint density at radius 3 is 2.78 bits per heavy atom. The Hall–Kier alpha value is -2.40. The highest BCUT2D eigenvalue weighted by Crippen LogP contribution is 2.33. The van der Waals surface area contributed by atoms with Gasteiger partial charge in [-0.1, -0.05) is 35.9 Å². The van der Waals surface area contributed by atoms with E-state index in [4.69, 9.17) is 16.3 Å². The number of amides is 1. The number of aryl methyl sites for hydroxylation is 3. The summed E-state index contributed by atoms with van der Waals surface area (Å²) in [5.41, 5.74) is 4.06. The fraction of sp³-hybridized carbons (Fsp3) is 0.381. The third kappa shape index (κ3) is 4.14. The predicted octanol–water partition coefficient (Wildman–Crippen LogP) is 4.04. The molecular weight excluding hydrogens is 364 g/mol. The van der Waals surface area contributed by atoms with E-state index in [1.807, 2.05) is 12.1 Å². The number of rotatable bonds is 4. The summed E-state index contributed by atoms with van der Waals surface area (Å²) in [5, 5.41) is 0.0968. The summed E-state index contributed by atoms with van der Waals surface area (Å²) in [6, 6.07) is 9.95. The topological polar surface area (TPSA) is 59.5 Å². The van der Waals surface area contributed by atoms with Crippen molar-refractivity contribution in [1.29, 1.82) is 0 Å². The van der Waals surface area contributed by atoms with Crippen LogP contribution in [0.25, 0.3) is 0 Å². The van der Waals surface area contributed by atoms with Gasteiger partial charge < -0.3 is 9.64 Å². The molecule has 0 saturated carbocycles. The number of aromatic nitrogens is 1. The Kier molecular flexibility index (Phi) is 5.80. The molecule has 0 bridgehead atoms. The second-order valence-corrected chi connectivity index (χ2v) is 7.29. The highest BCUT2D eigenvalue weighted by atomic mass is 35.5. The lowest BCUT2D eigenvalue weighted by Gasteiger charge is -2.33. The fourth-order valence-corrected chi connectivity index (χ4v) is 4.00. The molecule has 0 fully saturated rings. The van der Waals surface area contributed by atoms with Crippen LogP contribution >= 0.6 is 11.6 Å². The number of benzene rings is 1. The fourth-order valence-electron chi connectivity index (χ4n) is 3.64. The first kappa shape index (κ1) is 19.4. The minimum atomic E-state index is -0.629. The maximum absolute atomic E-state index is 12.6. The molecule has 1 amide bonds. The zero-order valence-electron chi connectivity index (χ0n) is 15.8. The van der Waals surface area contributed by atoms with Gasteiger partial charge in [-0.2, -0.15) is 0 Å². The molecule has 0 N–H and O–H groups in total. The molecule has 5 nitrogen and oxygen atoms in total. The molecular formula is C21H23ClN2O3. The third-order valence-electron chi connectivity index (χ3n) is 5.03. The van der Waals surface area contributed by atoms with Crippen LogP contribution in [0.1, 0.15) is 51.6 Å². The van der Waals surface area contributed by atoms with Gasteiger partial charge in [0.05, 0.1) is 11.6 Å². The van der Waals surface area contributed by atoms with Crippen LogP contribution in [-0.2, 0) is 16.0 Å². The summed E-state index contributed by atoms with van der Waals surface area (Å²) in [5.74, 6) is -0.866. The van der Waals surface area contributed by atoms with Crippen molar-refractivity contribution in [2.75, 3.05) is 13.7 Å². The number of hydrogen-bond donors (Lipinski definition) is 0. The number of hydrogen-bond acceptors (Lipinski definition) is 4. The third-order valence-corrected chi connectivity index (χ3v) is 5.30. The van der Waals surface area contributed by atoms with Crippen molar-refractivity contribution in [3.8, 4) is 0 Å². The SMILES string of the molecule is Cc1cc(C)c(C(=O)OCC(=O)N(C)[C@H]2CCCc3ccccc32)c(Cl)n1. The van der Waals surface area contributed by atoms with Crippen molar-refractivity contribution in [1.82, 2.24) is 9.88 Å². The van der Waals surface area contributed by atoms with E-state index in [9.17, 15) is 9.59 Å². The number of esters is 1. The van der Waals surface area contributed by atoms with E-state index in [0.717, 1.165) is 25.0 Å². The van der Waals surface area contributed by atoms with E-state index in [0.29, 0.717) is 5.56 Å². The van der Waals surface area contributed by atoms with Crippen LogP contribution in [0.4, 0.5) is 0 Å². The van der Waals surface area contributed by atoms with Gasteiger partial charge in [0, 0.05) is 12.7 Å². The molecule has 1 atom stereocenters. The molecule has 3 rings (SSSR count). The normalized spacial score (nSPS) is 15.8. The van der Waals surface area contributed by atoms with Gasteiger partial charge in [-0.15, -0.1) is 0 Å². The molecule has 0 saturated heterocycles. The van der Waals surface area contributed by atoms with E-state index in [-0.39, 0.29) is 29.3 Å². The van der Waals surface area contributed by atoms with Crippen molar-refractivity contribution in [3.05, 3.63) is 63.4 Å². The minimum absolute atomic E-state index is 0.00696. The number of fused-ring (bicyclic) bond motifs is 1. The number of carbonyl (C=O) groups is 2. The summed E-state index contributed by atoms with van der Waals surface area (Å²) >= 11 is 6.08. The van der Waals surface area contributed by atoms with Gasteiger partial charge in [0.1, 0.15) is 5.15 Å². The van der Waals surface area contributed by atoms with Crippen molar-refractivity contribution in [2.24, 2.45) is 0 Å². The van der Waals surface area contributed by atoms with Gasteiger partial charge in [-0.25, -0.2) is 9.78 Å². The van der Waals surface area contributed by atoms with Crippen LogP contribution < -0.4 is 0 Å². The van der Waals surface area contributed by atoms with E-state index in [1.165, 1.54) is 11.1 Å². The molecule has 1 aromatic heterocycles. The highest BCUT2D eigenvalue weighted by Gasteiger charge is 2.27. The van der Waals surface area contributed by atoms with Crippen molar-refractivity contribution in [2.45, 2.75) is 39.2 Å². The summed E-state index contributed by atoms with van der Waals surface area (Å²) in [6.07, 6.45) is 2.96. The maximum atomic E-state index is 12.6. The Labute approximate surface area is 164 Å². The smallest absolute Gasteiger partial charge is 0.342 e. The summed E-state index contributed by atoms with van der Waals surface area (Å²) < 4.78 is 5.24. The summed E-state index contributed by atoms with van der Waals surface area (Å²) in [4.78, 5) is 30.8. The number of nitrogens with zero attached hydrogens (tertiary/aromatic N) is 2. The maximum Gasteiger partial charge on any atom is 0.342 e. The first-order valence-corrected chi connectivity index (χ1v) is 9.40. The average molecular weight is 387 g/mol. The van der Waals surface area contributed by atoms with Crippen molar-refractivity contribution < 1.29 is 14.3 Å². The van der Waals surface area contributed by atoms with Gasteiger partial charge in [-0.05, 0) is 55.9 Å².